The molecule has 0 fully saturated rings. The zero-order valence-electron chi connectivity index (χ0n) is 14.4. The summed E-state index contributed by atoms with van der Waals surface area (Å²) in [7, 11) is 0. The van der Waals surface area contributed by atoms with Crippen LogP contribution < -0.4 is 5.32 Å². The van der Waals surface area contributed by atoms with E-state index in [1.54, 1.807) is 13.0 Å². The van der Waals surface area contributed by atoms with Gasteiger partial charge in [-0.05, 0) is 45.1 Å². The fraction of sp³-hybridized carbons (Fsp3) is 0.444. The van der Waals surface area contributed by atoms with Gasteiger partial charge in [0, 0.05) is 12.1 Å². The molecule has 0 bridgehead atoms. The Morgan fingerprint density at radius 2 is 2.00 bits per heavy atom. The fourth-order valence-electron chi connectivity index (χ4n) is 2.60. The fourth-order valence-corrected chi connectivity index (χ4v) is 2.82. The van der Waals surface area contributed by atoms with Gasteiger partial charge in [-0.15, -0.1) is 0 Å². The lowest BCUT2D eigenvalue weighted by atomic mass is 10.1. The molecule has 0 aliphatic carbocycles. The summed E-state index contributed by atoms with van der Waals surface area (Å²) in [6.07, 6.45) is 0.902. The van der Waals surface area contributed by atoms with E-state index in [0.717, 1.165) is 26.1 Å². The minimum absolute atomic E-state index is 0.178. The SMILES string of the molecule is CCN(CC)CCCNC(=O)c1c(C)noc1-c1ccccc1Cl. The van der Waals surface area contributed by atoms with Gasteiger partial charge in [0.2, 0.25) is 0 Å². The van der Waals surface area contributed by atoms with Gasteiger partial charge in [0.05, 0.1) is 10.7 Å². The topological polar surface area (TPSA) is 58.4 Å². The molecule has 0 radical (unpaired) electrons. The maximum Gasteiger partial charge on any atom is 0.257 e. The molecule has 0 atom stereocenters. The van der Waals surface area contributed by atoms with Crippen molar-refractivity contribution in [2.45, 2.75) is 27.2 Å². The van der Waals surface area contributed by atoms with E-state index in [1.165, 1.54) is 0 Å². The number of aryl methyl sites for hydroxylation is 1. The van der Waals surface area contributed by atoms with Crippen molar-refractivity contribution in [3.05, 3.63) is 40.5 Å². The molecule has 0 unspecified atom stereocenters. The molecule has 130 valence electrons. The van der Waals surface area contributed by atoms with Crippen molar-refractivity contribution in [2.75, 3.05) is 26.2 Å². The number of nitrogens with zero attached hydrogens (tertiary/aromatic N) is 2. The van der Waals surface area contributed by atoms with Gasteiger partial charge >= 0.3 is 0 Å². The lowest BCUT2D eigenvalue weighted by molar-refractivity contribution is 0.0951. The van der Waals surface area contributed by atoms with Crippen LogP contribution in [0.1, 0.15) is 36.3 Å². The first-order chi connectivity index (χ1) is 11.6. The van der Waals surface area contributed by atoms with Crippen molar-refractivity contribution in [3.63, 3.8) is 0 Å². The highest BCUT2D eigenvalue weighted by molar-refractivity contribution is 6.33. The Morgan fingerprint density at radius 3 is 2.67 bits per heavy atom. The third-order valence-electron chi connectivity index (χ3n) is 4.04. The first-order valence-electron chi connectivity index (χ1n) is 8.30. The molecule has 1 aromatic heterocycles. The Labute approximate surface area is 148 Å². The first-order valence-corrected chi connectivity index (χ1v) is 8.68. The Bertz CT molecular complexity index is 681. The molecule has 1 N–H and O–H groups in total. The van der Waals surface area contributed by atoms with Gasteiger partial charge in [-0.2, -0.15) is 0 Å². The van der Waals surface area contributed by atoms with Crippen molar-refractivity contribution >= 4 is 17.5 Å². The van der Waals surface area contributed by atoms with Crippen LogP contribution in [0.2, 0.25) is 5.02 Å². The van der Waals surface area contributed by atoms with E-state index in [-0.39, 0.29) is 5.91 Å². The van der Waals surface area contributed by atoms with Crippen molar-refractivity contribution in [1.29, 1.82) is 0 Å². The minimum Gasteiger partial charge on any atom is -0.355 e. The monoisotopic (exact) mass is 349 g/mol. The van der Waals surface area contributed by atoms with Crippen LogP contribution in [0, 0.1) is 6.92 Å². The second-order valence-electron chi connectivity index (χ2n) is 5.59. The number of amides is 1. The van der Waals surface area contributed by atoms with Crippen molar-refractivity contribution in [3.8, 4) is 11.3 Å². The van der Waals surface area contributed by atoms with Gasteiger partial charge in [-0.25, -0.2) is 0 Å². The molecule has 0 saturated heterocycles. The quantitative estimate of drug-likeness (QED) is 0.737. The average Bonchev–Trinajstić information content (AvgIpc) is 2.97. The maximum atomic E-state index is 12.5. The summed E-state index contributed by atoms with van der Waals surface area (Å²) in [6, 6.07) is 7.27. The molecule has 0 aliphatic heterocycles. The van der Waals surface area contributed by atoms with Crippen LogP contribution >= 0.6 is 11.6 Å². The minimum atomic E-state index is -0.178. The number of rotatable bonds is 8. The number of aromatic nitrogens is 1. The zero-order valence-corrected chi connectivity index (χ0v) is 15.2. The van der Waals surface area contributed by atoms with Crippen LogP contribution in [-0.4, -0.2) is 42.1 Å². The van der Waals surface area contributed by atoms with Gasteiger partial charge in [-0.3, -0.25) is 4.79 Å². The van der Waals surface area contributed by atoms with E-state index < -0.39 is 0 Å². The lowest BCUT2D eigenvalue weighted by Crippen LogP contribution is -2.30. The third-order valence-corrected chi connectivity index (χ3v) is 4.37. The van der Waals surface area contributed by atoms with Crippen molar-refractivity contribution in [2.24, 2.45) is 0 Å². The summed E-state index contributed by atoms with van der Waals surface area (Å²) in [4.78, 5) is 14.9. The second kappa shape index (κ2) is 8.85. The lowest BCUT2D eigenvalue weighted by Gasteiger charge is -2.17. The molecule has 0 spiro atoms. The second-order valence-corrected chi connectivity index (χ2v) is 6.00. The van der Waals surface area contributed by atoms with E-state index in [0.29, 0.717) is 34.1 Å². The number of carbonyl (C=O) groups excluding carboxylic acids is 1. The van der Waals surface area contributed by atoms with Crippen LogP contribution in [0.3, 0.4) is 0 Å². The molecule has 1 amide bonds. The highest BCUT2D eigenvalue weighted by atomic mass is 35.5. The van der Waals surface area contributed by atoms with Gasteiger partial charge in [0.25, 0.3) is 5.91 Å². The summed E-state index contributed by atoms with van der Waals surface area (Å²) in [5, 5.41) is 7.42. The predicted octanol–water partition coefficient (Wildman–Crippen LogP) is 3.77. The van der Waals surface area contributed by atoms with Gasteiger partial charge < -0.3 is 14.7 Å². The zero-order chi connectivity index (χ0) is 17.5. The van der Waals surface area contributed by atoms with Gasteiger partial charge in [0.1, 0.15) is 5.56 Å². The average molecular weight is 350 g/mol. The molecule has 1 aromatic carbocycles. The summed E-state index contributed by atoms with van der Waals surface area (Å²) >= 11 is 6.21. The van der Waals surface area contributed by atoms with E-state index >= 15 is 0 Å². The highest BCUT2D eigenvalue weighted by Crippen LogP contribution is 2.31. The number of halogens is 1. The van der Waals surface area contributed by atoms with Crippen LogP contribution in [-0.2, 0) is 0 Å². The largest absolute Gasteiger partial charge is 0.355 e. The summed E-state index contributed by atoms with van der Waals surface area (Å²) < 4.78 is 5.36. The Morgan fingerprint density at radius 1 is 1.29 bits per heavy atom. The Hall–Kier alpha value is -1.85. The highest BCUT2D eigenvalue weighted by Gasteiger charge is 2.22. The smallest absolute Gasteiger partial charge is 0.257 e. The number of hydrogen-bond acceptors (Lipinski definition) is 4. The van der Waals surface area contributed by atoms with Gasteiger partial charge in [-0.1, -0.05) is 42.7 Å². The molecule has 2 rings (SSSR count). The van der Waals surface area contributed by atoms with Crippen LogP contribution in [0.5, 0.6) is 0 Å². The van der Waals surface area contributed by atoms with Crippen LogP contribution in [0.4, 0.5) is 0 Å². The number of benzene rings is 1. The Kier molecular flexibility index (Phi) is 6.82. The molecule has 2 aromatic rings. The molecule has 6 heteroatoms. The van der Waals surface area contributed by atoms with Crippen molar-refractivity contribution < 1.29 is 9.32 Å². The maximum absolute atomic E-state index is 12.5. The third kappa shape index (κ3) is 4.36. The van der Waals surface area contributed by atoms with Crippen LogP contribution in [0.15, 0.2) is 28.8 Å². The molecular weight excluding hydrogens is 326 g/mol. The van der Waals surface area contributed by atoms with E-state index in [2.05, 4.69) is 29.2 Å². The van der Waals surface area contributed by atoms with Gasteiger partial charge in [0.15, 0.2) is 5.76 Å². The molecule has 24 heavy (non-hydrogen) atoms. The molecule has 0 aliphatic rings. The molecule has 0 saturated carbocycles. The normalized spacial score (nSPS) is 11.0. The first kappa shape index (κ1) is 18.5. The van der Waals surface area contributed by atoms with E-state index in [9.17, 15) is 4.79 Å². The summed E-state index contributed by atoms with van der Waals surface area (Å²) in [5.41, 5.74) is 1.69. The molecule has 1 heterocycles. The molecule has 5 nitrogen and oxygen atoms in total. The summed E-state index contributed by atoms with van der Waals surface area (Å²) in [5.74, 6) is 0.238. The number of carbonyl (C=O) groups is 1. The van der Waals surface area contributed by atoms with Crippen LogP contribution in [0.25, 0.3) is 11.3 Å². The molecular formula is C18H24ClN3O2. The summed E-state index contributed by atoms with van der Waals surface area (Å²) in [6.45, 7) is 9.65. The van der Waals surface area contributed by atoms with Crippen molar-refractivity contribution in [1.82, 2.24) is 15.4 Å². The number of hydrogen-bond donors (Lipinski definition) is 1. The predicted molar refractivity (Wildman–Crippen MR) is 96.4 cm³/mol. The number of nitrogens with one attached hydrogen (secondary N) is 1. The standard InChI is InChI=1S/C18H24ClN3O2/c1-4-22(5-2)12-8-11-20-18(23)16-13(3)21-24-17(16)14-9-6-7-10-15(14)19/h6-7,9-10H,4-5,8,11-12H2,1-3H3,(H,20,23). The Balaban J connectivity index is 2.05. The van der Waals surface area contributed by atoms with E-state index in [4.69, 9.17) is 16.1 Å². The van der Waals surface area contributed by atoms with E-state index in [1.807, 2.05) is 18.2 Å².